The van der Waals surface area contributed by atoms with Crippen LogP contribution in [0.5, 0.6) is 0 Å². The molecule has 0 aliphatic carbocycles. The fourth-order valence-corrected chi connectivity index (χ4v) is 107. The monoisotopic (exact) mass is 548 g/mol. The van der Waals surface area contributed by atoms with Crippen molar-refractivity contribution >= 4 is 34.1 Å². The first-order valence-electron chi connectivity index (χ1n) is 9.65. The van der Waals surface area contributed by atoms with Crippen LogP contribution in [0.4, 0.5) is 0 Å². The minimum absolute atomic E-state index is 0. The van der Waals surface area contributed by atoms with Gasteiger partial charge in [-0.1, -0.05) is 0 Å². The Morgan fingerprint density at radius 3 is 1.52 bits per heavy atom. The van der Waals surface area contributed by atoms with Gasteiger partial charge in [-0.2, -0.15) is 0 Å². The van der Waals surface area contributed by atoms with Crippen molar-refractivity contribution < 1.29 is 26.9 Å². The summed E-state index contributed by atoms with van der Waals surface area (Å²) < 4.78 is 2.19. The minimum Gasteiger partial charge on any atom is 0 e. The average Bonchev–Trinajstić information content (AvgIpc) is 3.58. The second-order valence-corrected chi connectivity index (χ2v) is 37.0. The molecule has 12 rings (SSSR count). The maximum atomic E-state index is 3.66. The van der Waals surface area contributed by atoms with Gasteiger partial charge < -0.3 is 0 Å². The van der Waals surface area contributed by atoms with Gasteiger partial charge in [-0.25, -0.2) is 0 Å². The van der Waals surface area contributed by atoms with E-state index in [2.05, 4.69) is 69.9 Å². The van der Waals surface area contributed by atoms with Crippen LogP contribution < -0.4 is 0 Å². The van der Waals surface area contributed by atoms with Gasteiger partial charge in [-0.3, -0.25) is 0 Å². The molecule has 10 aliphatic rings. The summed E-state index contributed by atoms with van der Waals surface area (Å²) in [7, 11) is 3.66. The second kappa shape index (κ2) is 1.73. The second-order valence-electron chi connectivity index (χ2n) is 12.6. The molecule has 0 nitrogen and oxygen atoms in total. The Labute approximate surface area is 178 Å². The van der Waals surface area contributed by atoms with E-state index < -0.39 is 6.51 Å². The topological polar surface area (TPSA) is 0 Å². The van der Waals surface area contributed by atoms with Crippen LogP contribution >= 0.6 is 34.1 Å². The number of hydrogen-bond donors (Lipinski definition) is 0. The maximum Gasteiger partial charge on any atom is 0 e. The average molecular weight is 550 g/mol. The van der Waals surface area contributed by atoms with E-state index in [1.54, 1.807) is 5.56 Å². The Morgan fingerprint density at radius 1 is 0.667 bits per heavy atom. The van der Waals surface area contributed by atoms with Crippen LogP contribution in [0, 0.1) is 0 Å². The summed E-state index contributed by atoms with van der Waals surface area (Å²) in [4.78, 5) is 9.06. The summed E-state index contributed by atoms with van der Waals surface area (Å²) in [6, 6.07) is 24.1. The molecule has 10 saturated heterocycles. The SMILES string of the molecule is Cl.Cl.P[C]12[CH]3[CH]4[C]5(c6ccccc6)[C]1(c1ccccc1)[Fe]34251678[CH]2[CH]1[CH]6[CH]7[CH]28.[Pd]. The molecule has 0 saturated carbocycles. The standard InChI is InChI=1S/C17H14P.C5H5.2ClH.Fe.Pd/c18-16-12-11-15(13-7-3-1-4-8-13)17(16)14-9-5-2-6-10-14;1-2-4-5-3-1;;;;/h1-12H,18H2;1-5H;2*1H;;. The zero-order valence-corrected chi connectivity index (χ0v) is 19.8. The molecule has 5 heteroatoms. The first-order chi connectivity index (χ1) is 11.5. The van der Waals surface area contributed by atoms with Crippen LogP contribution in [0.2, 0.25) is 33.7 Å². The van der Waals surface area contributed by atoms with Crippen LogP contribution in [-0.4, -0.2) is 4.05 Å². The van der Waals surface area contributed by atoms with E-state index in [1.807, 2.05) is 5.56 Å². The molecular formula is C22H21Cl2FePPd. The van der Waals surface area contributed by atoms with Gasteiger partial charge in [0.15, 0.2) is 0 Å². The summed E-state index contributed by atoms with van der Waals surface area (Å²) in [5.41, 5.74) is 3.62. The van der Waals surface area contributed by atoms with E-state index in [9.17, 15) is 0 Å². The Balaban J connectivity index is 0.000000408. The number of fused-ring (bicyclic) bond motifs is 10. The Bertz CT molecular complexity index is 1520. The van der Waals surface area contributed by atoms with E-state index in [-0.39, 0.29) is 45.2 Å². The zero-order chi connectivity index (χ0) is 15.1. The van der Waals surface area contributed by atoms with E-state index in [4.69, 9.17) is 0 Å². The summed E-state index contributed by atoms with van der Waals surface area (Å²) in [5, 5.41) is 0. The molecule has 10 aliphatic heterocycles. The Kier molecular flexibility index (Phi) is 0.988. The van der Waals surface area contributed by atoms with Gasteiger partial charge >= 0.3 is 134 Å². The van der Waals surface area contributed by atoms with Crippen LogP contribution in [-0.2, 0) is 35.6 Å². The van der Waals surface area contributed by atoms with Gasteiger partial charge in [0.25, 0.3) is 0 Å². The molecule has 2 aromatic rings. The van der Waals surface area contributed by atoms with Crippen LogP contribution in [0.1, 0.15) is 11.1 Å². The molecule has 0 bridgehead atoms. The Morgan fingerprint density at radius 2 is 1.11 bits per heavy atom. The normalized spacial score (nSPS) is 83.4. The van der Waals surface area contributed by atoms with Crippen molar-refractivity contribution in [2.45, 2.75) is 46.4 Å². The first-order valence-corrected chi connectivity index (χ1v) is 16.3. The summed E-state index contributed by atoms with van der Waals surface area (Å²) in [5.74, 6) is 0. The molecule has 10 fully saturated rings. The Hall–Kier alpha value is 0.632. The molecule has 10 heterocycles. The van der Waals surface area contributed by atoms with Crippen molar-refractivity contribution in [1.29, 1.82) is 0 Å². The van der Waals surface area contributed by atoms with Crippen molar-refractivity contribution in [3.63, 3.8) is 0 Å². The first kappa shape index (κ1) is 15.4. The van der Waals surface area contributed by atoms with E-state index >= 15 is 0 Å². The minimum atomic E-state index is -3.54. The number of halogens is 2. The maximum absolute atomic E-state index is 3.66. The zero-order valence-electron chi connectivity index (χ0n) is 14.4. The van der Waals surface area contributed by atoms with Gasteiger partial charge in [0, 0.05) is 20.4 Å². The fraction of sp³-hybridized carbons (Fsp3) is 0.455. The third kappa shape index (κ3) is 0.222. The van der Waals surface area contributed by atoms with E-state index in [0.717, 1.165) is 8.37 Å². The van der Waals surface area contributed by atoms with Gasteiger partial charge in [-0.05, 0) is 0 Å². The molecule has 0 aromatic heterocycles. The molecular weight excluding hydrogens is 528 g/mol. The molecule has 27 heavy (non-hydrogen) atoms. The van der Waals surface area contributed by atoms with Gasteiger partial charge in [-0.15, -0.1) is 24.8 Å². The molecule has 146 valence electrons. The largest absolute Gasteiger partial charge is 0 e. The van der Waals surface area contributed by atoms with Crippen molar-refractivity contribution in [2.75, 3.05) is 0 Å². The molecule has 0 amide bonds. The van der Waals surface area contributed by atoms with Gasteiger partial charge in [0.05, 0.1) is 0 Å². The predicted molar refractivity (Wildman–Crippen MR) is 109 cm³/mol. The smallest absolute Gasteiger partial charge is 0 e. The predicted octanol–water partition coefficient (Wildman–Crippen LogP) is 6.21. The van der Waals surface area contributed by atoms with Crippen LogP contribution in [0.25, 0.3) is 0 Å². The van der Waals surface area contributed by atoms with Crippen molar-refractivity contribution in [1.82, 2.24) is 0 Å². The number of rotatable bonds is 2. The van der Waals surface area contributed by atoms with Gasteiger partial charge in [0.1, 0.15) is 0 Å². The molecule has 6 atom stereocenters. The third-order valence-corrected chi connectivity index (χ3v) is 66.4. The molecule has 6 unspecified atom stereocenters. The third-order valence-electron chi connectivity index (χ3n) is 17.5. The summed E-state index contributed by atoms with van der Waals surface area (Å²) in [6.45, 7) is -3.54. The molecule has 0 radical (unpaired) electrons. The van der Waals surface area contributed by atoms with Gasteiger partial charge in [0.2, 0.25) is 0 Å². The quantitative estimate of drug-likeness (QED) is 0.309. The summed E-state index contributed by atoms with van der Waals surface area (Å²) >= 11 is 0. The fourth-order valence-electron chi connectivity index (χ4n) is 20.1. The van der Waals surface area contributed by atoms with Crippen molar-refractivity contribution in [2.24, 2.45) is 0 Å². The van der Waals surface area contributed by atoms with E-state index in [1.165, 1.54) is 33.7 Å². The molecule has 1 spiro atoms. The summed E-state index contributed by atoms with van der Waals surface area (Å²) in [6.07, 6.45) is 0. The number of hydrogen-bond acceptors (Lipinski definition) is 0. The van der Waals surface area contributed by atoms with Crippen LogP contribution in [0.3, 0.4) is 0 Å². The van der Waals surface area contributed by atoms with Crippen molar-refractivity contribution in [3.8, 4) is 0 Å². The van der Waals surface area contributed by atoms with Crippen molar-refractivity contribution in [3.05, 3.63) is 71.8 Å². The van der Waals surface area contributed by atoms with E-state index in [0.29, 0.717) is 4.31 Å². The molecule has 0 N–H and O–H groups in total. The number of benzene rings is 2. The van der Waals surface area contributed by atoms with Crippen LogP contribution in [0.15, 0.2) is 60.7 Å². The molecule has 2 aromatic carbocycles.